The molecule has 0 aliphatic carbocycles. The fourth-order valence-electron chi connectivity index (χ4n) is 3.75. The number of amides is 1. The molecule has 8 nitrogen and oxygen atoms in total. The van der Waals surface area contributed by atoms with Crippen molar-refractivity contribution in [1.29, 1.82) is 0 Å². The summed E-state index contributed by atoms with van der Waals surface area (Å²) in [6.45, 7) is 7.87. The number of nitrogens with one attached hydrogen (secondary N) is 1. The van der Waals surface area contributed by atoms with Crippen molar-refractivity contribution in [3.8, 4) is 5.88 Å². The molecule has 0 saturated carbocycles. The average Bonchev–Trinajstić information content (AvgIpc) is 3.04. The number of hydrogen-bond donors (Lipinski definition) is 1. The van der Waals surface area contributed by atoms with E-state index < -0.39 is 0 Å². The third-order valence-electron chi connectivity index (χ3n) is 5.22. The number of ether oxygens (including phenoxy) is 2. The van der Waals surface area contributed by atoms with Gasteiger partial charge in [-0.2, -0.15) is 0 Å². The predicted molar refractivity (Wildman–Crippen MR) is 115 cm³/mol. The summed E-state index contributed by atoms with van der Waals surface area (Å²) in [5.41, 5.74) is 4.57. The Balaban J connectivity index is 1.43. The average molecular weight is 409 g/mol. The zero-order valence-corrected chi connectivity index (χ0v) is 17.6. The molecule has 1 amide bonds. The van der Waals surface area contributed by atoms with E-state index in [0.717, 1.165) is 66.4 Å². The molecule has 1 aromatic carbocycles. The van der Waals surface area contributed by atoms with Gasteiger partial charge >= 0.3 is 0 Å². The quantitative estimate of drug-likeness (QED) is 0.674. The topological polar surface area (TPSA) is 81.5 Å². The Kier molecular flexibility index (Phi) is 5.96. The van der Waals surface area contributed by atoms with Gasteiger partial charge in [-0.15, -0.1) is 5.10 Å². The number of aromatic nitrogens is 3. The van der Waals surface area contributed by atoms with Gasteiger partial charge in [-0.1, -0.05) is 18.2 Å². The van der Waals surface area contributed by atoms with Crippen LogP contribution in [0, 0.1) is 13.8 Å². The van der Waals surface area contributed by atoms with Gasteiger partial charge in [0.15, 0.2) is 12.3 Å². The van der Waals surface area contributed by atoms with Gasteiger partial charge in [-0.25, -0.2) is 9.67 Å². The summed E-state index contributed by atoms with van der Waals surface area (Å²) in [7, 11) is 1.82. The molecular formula is C22H27N5O3. The SMILES string of the molecule is Cc1cc(C)c2c(OCC(=O)Nc3ccccc3CN3CCOCC3)nn(C)c2n1. The molecule has 1 fully saturated rings. The molecule has 1 saturated heterocycles. The fourth-order valence-corrected chi connectivity index (χ4v) is 3.75. The van der Waals surface area contributed by atoms with Crippen LogP contribution in [0.1, 0.15) is 16.8 Å². The molecule has 1 N–H and O–H groups in total. The lowest BCUT2D eigenvalue weighted by molar-refractivity contribution is -0.118. The third kappa shape index (κ3) is 4.44. The van der Waals surface area contributed by atoms with Gasteiger partial charge in [0.25, 0.3) is 5.91 Å². The van der Waals surface area contributed by atoms with Crippen LogP contribution in [0.2, 0.25) is 0 Å². The summed E-state index contributed by atoms with van der Waals surface area (Å²) in [6.07, 6.45) is 0. The van der Waals surface area contributed by atoms with E-state index in [0.29, 0.717) is 5.88 Å². The van der Waals surface area contributed by atoms with Gasteiger partial charge in [0.1, 0.15) is 0 Å². The first kappa shape index (κ1) is 20.3. The van der Waals surface area contributed by atoms with E-state index in [1.165, 1.54) is 0 Å². The minimum atomic E-state index is -0.221. The first-order valence-electron chi connectivity index (χ1n) is 10.1. The molecule has 0 unspecified atom stereocenters. The highest BCUT2D eigenvalue weighted by atomic mass is 16.5. The number of fused-ring (bicyclic) bond motifs is 1. The molecule has 30 heavy (non-hydrogen) atoms. The number of carbonyl (C=O) groups is 1. The van der Waals surface area contributed by atoms with E-state index in [2.05, 4.69) is 20.3 Å². The van der Waals surface area contributed by atoms with Crippen LogP contribution in [0.15, 0.2) is 30.3 Å². The van der Waals surface area contributed by atoms with Gasteiger partial charge in [0.05, 0.1) is 18.6 Å². The molecule has 3 aromatic rings. The number of nitrogens with zero attached hydrogens (tertiary/aromatic N) is 4. The Morgan fingerprint density at radius 2 is 2.00 bits per heavy atom. The predicted octanol–water partition coefficient (Wildman–Crippen LogP) is 2.43. The second-order valence-corrected chi connectivity index (χ2v) is 7.59. The number of benzene rings is 1. The van der Waals surface area contributed by atoms with Crippen molar-refractivity contribution in [1.82, 2.24) is 19.7 Å². The Bertz CT molecular complexity index is 1060. The van der Waals surface area contributed by atoms with Gasteiger partial charge in [0, 0.05) is 38.1 Å². The van der Waals surface area contributed by atoms with Gasteiger partial charge in [-0.05, 0) is 37.1 Å². The number of morpholine rings is 1. The lowest BCUT2D eigenvalue weighted by Crippen LogP contribution is -2.36. The van der Waals surface area contributed by atoms with E-state index in [4.69, 9.17) is 9.47 Å². The fraction of sp³-hybridized carbons (Fsp3) is 0.409. The second kappa shape index (κ2) is 8.81. The number of rotatable bonds is 6. The van der Waals surface area contributed by atoms with Crippen LogP contribution < -0.4 is 10.1 Å². The first-order chi connectivity index (χ1) is 14.5. The maximum Gasteiger partial charge on any atom is 0.262 e. The van der Waals surface area contributed by atoms with E-state index in [-0.39, 0.29) is 12.5 Å². The van der Waals surface area contributed by atoms with Crippen molar-refractivity contribution in [2.75, 3.05) is 38.2 Å². The van der Waals surface area contributed by atoms with Crippen molar-refractivity contribution in [2.45, 2.75) is 20.4 Å². The first-order valence-corrected chi connectivity index (χ1v) is 10.1. The summed E-state index contributed by atoms with van der Waals surface area (Å²) in [4.78, 5) is 19.4. The van der Waals surface area contributed by atoms with E-state index >= 15 is 0 Å². The molecule has 4 rings (SSSR count). The smallest absolute Gasteiger partial charge is 0.262 e. The van der Waals surface area contributed by atoms with Crippen molar-refractivity contribution < 1.29 is 14.3 Å². The monoisotopic (exact) mass is 409 g/mol. The van der Waals surface area contributed by atoms with Crippen LogP contribution in [0.3, 0.4) is 0 Å². The molecule has 0 atom stereocenters. The minimum Gasteiger partial charge on any atom is -0.466 e. The molecule has 0 spiro atoms. The van der Waals surface area contributed by atoms with Crippen molar-refractivity contribution in [3.63, 3.8) is 0 Å². The number of carbonyl (C=O) groups excluding carboxylic acids is 1. The maximum absolute atomic E-state index is 12.6. The van der Waals surface area contributed by atoms with Gasteiger partial charge in [0.2, 0.25) is 5.88 Å². The summed E-state index contributed by atoms with van der Waals surface area (Å²) in [6, 6.07) is 9.84. The van der Waals surface area contributed by atoms with Gasteiger partial charge < -0.3 is 14.8 Å². The lowest BCUT2D eigenvalue weighted by atomic mass is 10.1. The highest BCUT2D eigenvalue weighted by Gasteiger charge is 2.17. The van der Waals surface area contributed by atoms with Crippen LogP contribution >= 0.6 is 0 Å². The van der Waals surface area contributed by atoms with E-state index in [1.807, 2.05) is 51.2 Å². The molecule has 158 valence electrons. The second-order valence-electron chi connectivity index (χ2n) is 7.59. The van der Waals surface area contributed by atoms with Crippen LogP contribution in [-0.2, 0) is 23.1 Å². The largest absolute Gasteiger partial charge is 0.466 e. The molecule has 0 bridgehead atoms. The number of hydrogen-bond acceptors (Lipinski definition) is 6. The Labute approximate surface area is 175 Å². The zero-order valence-electron chi connectivity index (χ0n) is 17.6. The summed E-state index contributed by atoms with van der Waals surface area (Å²) >= 11 is 0. The standard InChI is InChI=1S/C22H27N5O3/c1-15-12-16(2)23-21-20(15)22(25-26(21)3)30-14-19(28)24-18-7-5-4-6-17(18)13-27-8-10-29-11-9-27/h4-7,12H,8-11,13-14H2,1-3H3,(H,24,28). The summed E-state index contributed by atoms with van der Waals surface area (Å²) < 4.78 is 12.9. The highest BCUT2D eigenvalue weighted by molar-refractivity contribution is 5.93. The number of pyridine rings is 1. The number of para-hydroxylation sites is 1. The van der Waals surface area contributed by atoms with Crippen LogP contribution in [0.5, 0.6) is 5.88 Å². The summed E-state index contributed by atoms with van der Waals surface area (Å²) in [5, 5.41) is 8.21. The van der Waals surface area contributed by atoms with Crippen molar-refractivity contribution in [3.05, 3.63) is 47.2 Å². The maximum atomic E-state index is 12.6. The molecular weight excluding hydrogens is 382 g/mol. The van der Waals surface area contributed by atoms with Crippen LogP contribution in [-0.4, -0.2) is 58.5 Å². The molecule has 1 aliphatic heterocycles. The van der Waals surface area contributed by atoms with Gasteiger partial charge in [-0.3, -0.25) is 9.69 Å². The van der Waals surface area contributed by atoms with Crippen LogP contribution in [0.25, 0.3) is 11.0 Å². The van der Waals surface area contributed by atoms with Crippen molar-refractivity contribution in [2.24, 2.45) is 7.05 Å². The normalized spacial score (nSPS) is 14.8. The third-order valence-corrected chi connectivity index (χ3v) is 5.22. The highest BCUT2D eigenvalue weighted by Crippen LogP contribution is 2.27. The van der Waals surface area contributed by atoms with Crippen molar-refractivity contribution >= 4 is 22.6 Å². The number of anilines is 1. The summed E-state index contributed by atoms with van der Waals surface area (Å²) in [5.74, 6) is 0.204. The molecule has 0 radical (unpaired) electrons. The molecule has 2 aromatic heterocycles. The lowest BCUT2D eigenvalue weighted by Gasteiger charge is -2.27. The Morgan fingerprint density at radius 1 is 1.23 bits per heavy atom. The van der Waals surface area contributed by atoms with E-state index in [1.54, 1.807) is 4.68 Å². The van der Waals surface area contributed by atoms with Crippen LogP contribution in [0.4, 0.5) is 5.69 Å². The number of aryl methyl sites for hydroxylation is 3. The Hall–Kier alpha value is -2.97. The Morgan fingerprint density at radius 3 is 2.80 bits per heavy atom. The minimum absolute atomic E-state index is 0.120. The molecule has 1 aliphatic rings. The molecule has 8 heteroatoms. The zero-order chi connectivity index (χ0) is 21.1. The van der Waals surface area contributed by atoms with E-state index in [9.17, 15) is 4.79 Å². The molecule has 3 heterocycles.